The molecule has 26 heavy (non-hydrogen) atoms. The zero-order chi connectivity index (χ0) is 19.5. The summed E-state index contributed by atoms with van der Waals surface area (Å²) in [6.45, 7) is 3.60. The number of carbonyl (C=O) groups is 1. The molecule has 6 nitrogen and oxygen atoms in total. The minimum absolute atomic E-state index is 0.285. The first kappa shape index (κ1) is 19.8. The Morgan fingerprint density at radius 3 is 1.92 bits per heavy atom. The molecule has 0 saturated heterocycles. The van der Waals surface area contributed by atoms with Gasteiger partial charge in [0.05, 0.1) is 11.9 Å². The predicted molar refractivity (Wildman–Crippen MR) is 108 cm³/mol. The lowest BCUT2D eigenvalue weighted by Crippen LogP contribution is -2.37. The maximum Gasteiger partial charge on any atom is 0.245 e. The molecule has 0 fully saturated rings. The monoisotopic (exact) mass is 375 g/mol. The molecule has 7 heteroatoms. The van der Waals surface area contributed by atoms with Crippen LogP contribution in [0.3, 0.4) is 0 Å². The highest BCUT2D eigenvalue weighted by atomic mass is 32.2. The van der Waals surface area contributed by atoms with Crippen LogP contribution < -0.4 is 14.5 Å². The lowest BCUT2D eigenvalue weighted by atomic mass is 10.1. The van der Waals surface area contributed by atoms with E-state index in [0.717, 1.165) is 27.4 Å². The van der Waals surface area contributed by atoms with E-state index in [2.05, 4.69) is 5.32 Å². The van der Waals surface area contributed by atoms with Gasteiger partial charge < -0.3 is 10.2 Å². The number of amides is 1. The lowest BCUT2D eigenvalue weighted by molar-refractivity contribution is -0.114. The molecule has 0 heterocycles. The zero-order valence-electron chi connectivity index (χ0n) is 15.8. The summed E-state index contributed by atoms with van der Waals surface area (Å²) in [5, 5.41) is 2.77. The van der Waals surface area contributed by atoms with Gasteiger partial charge in [-0.2, -0.15) is 0 Å². The molecule has 2 aromatic carbocycles. The first-order chi connectivity index (χ1) is 12.1. The molecule has 1 amide bonds. The van der Waals surface area contributed by atoms with Crippen molar-refractivity contribution in [2.75, 3.05) is 41.4 Å². The van der Waals surface area contributed by atoms with Crippen LogP contribution in [0.1, 0.15) is 11.1 Å². The Kier molecular flexibility index (Phi) is 5.92. The number of hydrogen-bond acceptors (Lipinski definition) is 4. The summed E-state index contributed by atoms with van der Waals surface area (Å²) < 4.78 is 25.5. The molecule has 0 aliphatic heterocycles. The Balaban J connectivity index is 2.21. The first-order valence-corrected chi connectivity index (χ1v) is 10.0. The smallest absolute Gasteiger partial charge is 0.245 e. The standard InChI is InChI=1S/C19H25N3O3S/c1-14-10-15(2)12-16(11-14)20-19(23)13-22(26(5,24)25)18-8-6-17(7-9-18)21(3)4/h6-12H,13H2,1-5H3,(H,20,23). The summed E-state index contributed by atoms with van der Waals surface area (Å²) in [4.78, 5) is 14.3. The van der Waals surface area contributed by atoms with E-state index in [0.29, 0.717) is 11.4 Å². The number of aryl methyl sites for hydroxylation is 2. The second-order valence-corrected chi connectivity index (χ2v) is 8.51. The Labute approximate surface area is 155 Å². The molecule has 0 saturated carbocycles. The van der Waals surface area contributed by atoms with E-state index in [9.17, 15) is 13.2 Å². The van der Waals surface area contributed by atoms with Crippen molar-refractivity contribution in [1.29, 1.82) is 0 Å². The molecule has 0 aliphatic rings. The average Bonchev–Trinajstić information content (AvgIpc) is 2.50. The Morgan fingerprint density at radius 1 is 0.962 bits per heavy atom. The average molecular weight is 375 g/mol. The molecular weight excluding hydrogens is 350 g/mol. The van der Waals surface area contributed by atoms with Gasteiger partial charge in [-0.3, -0.25) is 9.10 Å². The minimum Gasteiger partial charge on any atom is -0.378 e. The molecule has 0 bridgehead atoms. The fourth-order valence-electron chi connectivity index (χ4n) is 2.69. The second-order valence-electron chi connectivity index (χ2n) is 6.61. The van der Waals surface area contributed by atoms with Crippen molar-refractivity contribution in [1.82, 2.24) is 0 Å². The summed E-state index contributed by atoms with van der Waals surface area (Å²) in [5.74, 6) is -0.392. The van der Waals surface area contributed by atoms with Crippen molar-refractivity contribution in [3.63, 3.8) is 0 Å². The molecule has 0 radical (unpaired) electrons. The Hall–Kier alpha value is -2.54. The lowest BCUT2D eigenvalue weighted by Gasteiger charge is -2.23. The van der Waals surface area contributed by atoms with Gasteiger partial charge in [-0.25, -0.2) is 8.42 Å². The van der Waals surface area contributed by atoms with Crippen molar-refractivity contribution in [3.05, 3.63) is 53.6 Å². The molecule has 0 aromatic heterocycles. The quantitative estimate of drug-likeness (QED) is 0.843. The van der Waals surface area contributed by atoms with Crippen LogP contribution in [0.2, 0.25) is 0 Å². The van der Waals surface area contributed by atoms with Gasteiger partial charge in [0.15, 0.2) is 0 Å². The maximum absolute atomic E-state index is 12.4. The number of sulfonamides is 1. The summed E-state index contributed by atoms with van der Waals surface area (Å²) in [5.41, 5.74) is 4.11. The van der Waals surface area contributed by atoms with Gasteiger partial charge in [-0.15, -0.1) is 0 Å². The molecule has 1 N–H and O–H groups in total. The first-order valence-electron chi connectivity index (χ1n) is 8.19. The number of nitrogens with one attached hydrogen (secondary N) is 1. The number of benzene rings is 2. The van der Waals surface area contributed by atoms with Crippen LogP contribution in [0.25, 0.3) is 0 Å². The topological polar surface area (TPSA) is 69.7 Å². The highest BCUT2D eigenvalue weighted by Crippen LogP contribution is 2.22. The van der Waals surface area contributed by atoms with E-state index in [1.54, 1.807) is 12.1 Å². The third-order valence-corrected chi connectivity index (χ3v) is 4.99. The van der Waals surface area contributed by atoms with Crippen LogP contribution in [0, 0.1) is 13.8 Å². The van der Waals surface area contributed by atoms with Crippen LogP contribution >= 0.6 is 0 Å². The maximum atomic E-state index is 12.4. The number of carbonyl (C=O) groups excluding carboxylic acids is 1. The van der Waals surface area contributed by atoms with Crippen LogP contribution in [-0.2, 0) is 14.8 Å². The van der Waals surface area contributed by atoms with Gasteiger partial charge in [0, 0.05) is 25.5 Å². The van der Waals surface area contributed by atoms with E-state index in [1.807, 2.05) is 63.2 Å². The van der Waals surface area contributed by atoms with E-state index in [-0.39, 0.29) is 6.54 Å². The largest absolute Gasteiger partial charge is 0.378 e. The third kappa shape index (κ3) is 5.23. The Morgan fingerprint density at radius 2 is 1.46 bits per heavy atom. The highest BCUT2D eigenvalue weighted by Gasteiger charge is 2.21. The van der Waals surface area contributed by atoms with E-state index >= 15 is 0 Å². The molecule has 0 atom stereocenters. The SMILES string of the molecule is Cc1cc(C)cc(NC(=O)CN(c2ccc(N(C)C)cc2)S(C)(=O)=O)c1. The van der Waals surface area contributed by atoms with Gasteiger partial charge in [-0.05, 0) is 61.4 Å². The molecule has 2 rings (SSSR count). The van der Waals surface area contributed by atoms with Crippen molar-refractivity contribution in [2.24, 2.45) is 0 Å². The molecular formula is C19H25N3O3S. The van der Waals surface area contributed by atoms with E-state index < -0.39 is 15.9 Å². The van der Waals surface area contributed by atoms with E-state index in [4.69, 9.17) is 0 Å². The van der Waals surface area contributed by atoms with Crippen molar-refractivity contribution < 1.29 is 13.2 Å². The van der Waals surface area contributed by atoms with Crippen LogP contribution in [0.15, 0.2) is 42.5 Å². The molecule has 0 aliphatic carbocycles. The minimum atomic E-state index is -3.60. The van der Waals surface area contributed by atoms with Gasteiger partial charge in [0.2, 0.25) is 15.9 Å². The Bertz CT molecular complexity index is 870. The highest BCUT2D eigenvalue weighted by molar-refractivity contribution is 7.92. The predicted octanol–water partition coefficient (Wildman–Crippen LogP) is 2.77. The van der Waals surface area contributed by atoms with E-state index in [1.165, 1.54) is 0 Å². The van der Waals surface area contributed by atoms with Crippen molar-refractivity contribution in [2.45, 2.75) is 13.8 Å². The third-order valence-electron chi connectivity index (χ3n) is 3.85. The number of hydrogen-bond donors (Lipinski definition) is 1. The zero-order valence-corrected chi connectivity index (χ0v) is 16.6. The molecule has 0 unspecified atom stereocenters. The van der Waals surface area contributed by atoms with Gasteiger partial charge >= 0.3 is 0 Å². The van der Waals surface area contributed by atoms with Gasteiger partial charge in [0.25, 0.3) is 0 Å². The number of rotatable bonds is 6. The fraction of sp³-hybridized carbons (Fsp3) is 0.316. The van der Waals surface area contributed by atoms with Gasteiger partial charge in [0.1, 0.15) is 6.54 Å². The van der Waals surface area contributed by atoms with Crippen LogP contribution in [0.4, 0.5) is 17.1 Å². The molecule has 2 aromatic rings. The van der Waals surface area contributed by atoms with Crippen molar-refractivity contribution >= 4 is 33.0 Å². The summed E-state index contributed by atoms with van der Waals surface area (Å²) >= 11 is 0. The van der Waals surface area contributed by atoms with Gasteiger partial charge in [-0.1, -0.05) is 6.07 Å². The number of nitrogens with zero attached hydrogens (tertiary/aromatic N) is 2. The summed E-state index contributed by atoms with van der Waals surface area (Å²) in [6.07, 6.45) is 1.09. The normalized spacial score (nSPS) is 11.1. The summed E-state index contributed by atoms with van der Waals surface area (Å²) in [6, 6.07) is 12.7. The second kappa shape index (κ2) is 7.78. The fourth-order valence-corrected chi connectivity index (χ4v) is 3.55. The van der Waals surface area contributed by atoms with Crippen LogP contribution in [0.5, 0.6) is 0 Å². The van der Waals surface area contributed by atoms with Crippen LogP contribution in [-0.4, -0.2) is 41.2 Å². The summed E-state index contributed by atoms with van der Waals surface area (Å²) in [7, 11) is 0.211. The van der Waals surface area contributed by atoms with Crippen molar-refractivity contribution in [3.8, 4) is 0 Å². The molecule has 0 spiro atoms. The molecule has 140 valence electrons. The number of anilines is 3.